The minimum absolute atomic E-state index is 0.396. The maximum atomic E-state index is 6.56. The first kappa shape index (κ1) is 21.3. The molecule has 4 rings (SSSR count). The Morgan fingerprint density at radius 3 is 2.54 bits per heavy atom. The molecule has 160 valence electrons. The fourth-order valence-electron chi connectivity index (χ4n) is 8.64. The second-order valence-electron chi connectivity index (χ2n) is 12.1. The van der Waals surface area contributed by atoms with Crippen LogP contribution in [-0.2, 0) is 0 Å². The Morgan fingerprint density at radius 2 is 1.79 bits per heavy atom. The van der Waals surface area contributed by atoms with Gasteiger partial charge in [-0.15, -0.1) is 11.6 Å². The molecule has 0 heterocycles. The summed E-state index contributed by atoms with van der Waals surface area (Å²) < 4.78 is 0. The quantitative estimate of drug-likeness (QED) is 0.317. The van der Waals surface area contributed by atoms with E-state index in [0.717, 1.165) is 35.5 Å². The highest BCUT2D eigenvalue weighted by atomic mass is 35.5. The van der Waals surface area contributed by atoms with E-state index in [1.165, 1.54) is 70.6 Å². The molecular weight excluding hydrogens is 360 g/mol. The maximum Gasteiger partial charge on any atom is 0.0373 e. The lowest BCUT2D eigenvalue weighted by Crippen LogP contribution is -2.50. The monoisotopic (exact) mass is 404 g/mol. The summed E-state index contributed by atoms with van der Waals surface area (Å²) in [7, 11) is 0. The summed E-state index contributed by atoms with van der Waals surface area (Å²) in [5.74, 6) is 5.62. The molecule has 8 atom stereocenters. The van der Waals surface area contributed by atoms with E-state index in [0.29, 0.717) is 16.2 Å². The third-order valence-corrected chi connectivity index (χ3v) is 10.6. The van der Waals surface area contributed by atoms with Crippen molar-refractivity contribution >= 4 is 11.6 Å². The molecule has 3 saturated carbocycles. The Morgan fingerprint density at radius 1 is 1.00 bits per heavy atom. The second kappa shape index (κ2) is 7.94. The van der Waals surface area contributed by atoms with Crippen LogP contribution in [0.2, 0.25) is 0 Å². The molecule has 4 aliphatic carbocycles. The number of rotatable bonds is 5. The topological polar surface area (TPSA) is 0 Å². The Kier molecular flexibility index (Phi) is 6.03. The smallest absolute Gasteiger partial charge is 0.0373 e. The lowest BCUT2D eigenvalue weighted by molar-refractivity contribution is -0.0498. The lowest BCUT2D eigenvalue weighted by Gasteiger charge is -2.58. The first-order chi connectivity index (χ1) is 13.3. The fourth-order valence-corrected chi connectivity index (χ4v) is 8.92. The largest absolute Gasteiger partial charge is 0.123 e. The SMILES string of the molecule is CC(C)CCC[C@H](C)[C@H]1CC[C@@H]2[C@H]3CC=C4C[C@H](Cl)CC[C@]4(C)[C@@H]3CC[C@@]21C. The molecule has 0 unspecified atom stereocenters. The number of allylic oxidation sites excluding steroid dienone is 2. The minimum atomic E-state index is 0.396. The lowest BCUT2D eigenvalue weighted by atomic mass is 9.47. The molecule has 0 spiro atoms. The number of hydrogen-bond acceptors (Lipinski definition) is 0. The van der Waals surface area contributed by atoms with Gasteiger partial charge in [0.15, 0.2) is 0 Å². The summed E-state index contributed by atoms with van der Waals surface area (Å²) in [5, 5.41) is 0.396. The van der Waals surface area contributed by atoms with Crippen LogP contribution in [0.15, 0.2) is 11.6 Å². The van der Waals surface area contributed by atoms with E-state index in [1.807, 2.05) is 0 Å². The van der Waals surface area contributed by atoms with Crippen molar-refractivity contribution in [2.24, 2.45) is 46.3 Å². The Bertz CT molecular complexity index is 591. The molecule has 0 radical (unpaired) electrons. The van der Waals surface area contributed by atoms with Gasteiger partial charge in [-0.3, -0.25) is 0 Å². The van der Waals surface area contributed by atoms with Gasteiger partial charge < -0.3 is 0 Å². The molecule has 3 fully saturated rings. The molecule has 28 heavy (non-hydrogen) atoms. The van der Waals surface area contributed by atoms with Crippen LogP contribution in [0.3, 0.4) is 0 Å². The van der Waals surface area contributed by atoms with Crippen LogP contribution in [-0.4, -0.2) is 5.38 Å². The Hall–Kier alpha value is 0.0300. The zero-order chi connectivity index (χ0) is 20.1. The molecule has 0 aromatic rings. The number of hydrogen-bond donors (Lipinski definition) is 0. The summed E-state index contributed by atoms with van der Waals surface area (Å²) in [6.07, 6.45) is 18.0. The highest BCUT2D eigenvalue weighted by molar-refractivity contribution is 6.20. The summed E-state index contributed by atoms with van der Waals surface area (Å²) in [5.41, 5.74) is 2.82. The van der Waals surface area contributed by atoms with Crippen molar-refractivity contribution < 1.29 is 0 Å². The molecular formula is C27H45Cl. The third-order valence-electron chi connectivity index (χ3n) is 10.2. The molecule has 4 aliphatic rings. The van der Waals surface area contributed by atoms with Crippen LogP contribution in [0.4, 0.5) is 0 Å². The van der Waals surface area contributed by atoms with Crippen molar-refractivity contribution in [1.29, 1.82) is 0 Å². The van der Waals surface area contributed by atoms with Crippen molar-refractivity contribution in [3.8, 4) is 0 Å². The Labute approximate surface area is 180 Å². The van der Waals surface area contributed by atoms with Crippen LogP contribution in [0.1, 0.15) is 105 Å². The van der Waals surface area contributed by atoms with Crippen molar-refractivity contribution in [3.63, 3.8) is 0 Å². The molecule has 0 nitrogen and oxygen atoms in total. The molecule has 0 N–H and O–H groups in total. The summed E-state index contributed by atoms with van der Waals surface area (Å²) in [6, 6.07) is 0. The highest BCUT2D eigenvalue weighted by Crippen LogP contribution is 2.67. The van der Waals surface area contributed by atoms with E-state index in [-0.39, 0.29) is 0 Å². The van der Waals surface area contributed by atoms with E-state index in [9.17, 15) is 0 Å². The van der Waals surface area contributed by atoms with Gasteiger partial charge >= 0.3 is 0 Å². The first-order valence-corrected chi connectivity index (χ1v) is 13.0. The van der Waals surface area contributed by atoms with Gasteiger partial charge in [0.25, 0.3) is 0 Å². The molecule has 0 amide bonds. The van der Waals surface area contributed by atoms with E-state index in [4.69, 9.17) is 11.6 Å². The minimum Gasteiger partial charge on any atom is -0.123 e. The standard InChI is InChI=1S/C27H45Cl/c1-18(2)7-6-8-19(3)23-11-12-24-22-10-9-20-17-21(28)13-15-26(20,4)25(22)14-16-27(23,24)5/h9,18-19,21-25H,6-8,10-17H2,1-5H3/t19-,21+,22+,23+,24+,25+,26-,27+/m0/s1. The van der Waals surface area contributed by atoms with Crippen molar-refractivity contribution in [1.82, 2.24) is 0 Å². The Balaban J connectivity index is 1.49. The molecule has 1 heteroatoms. The molecule has 0 bridgehead atoms. The van der Waals surface area contributed by atoms with Gasteiger partial charge in [0.05, 0.1) is 0 Å². The summed E-state index contributed by atoms with van der Waals surface area (Å²) in [6.45, 7) is 12.7. The normalized spacial score (nSPS) is 46.5. The van der Waals surface area contributed by atoms with E-state index >= 15 is 0 Å². The van der Waals surface area contributed by atoms with Crippen molar-refractivity contribution in [2.45, 2.75) is 111 Å². The summed E-state index contributed by atoms with van der Waals surface area (Å²) in [4.78, 5) is 0. The third kappa shape index (κ3) is 3.52. The van der Waals surface area contributed by atoms with Crippen LogP contribution >= 0.6 is 11.6 Å². The molecule has 0 saturated heterocycles. The van der Waals surface area contributed by atoms with Gasteiger partial charge in [-0.2, -0.15) is 0 Å². The average molecular weight is 405 g/mol. The number of alkyl halides is 1. The van der Waals surface area contributed by atoms with Crippen molar-refractivity contribution in [2.75, 3.05) is 0 Å². The van der Waals surface area contributed by atoms with Gasteiger partial charge in [0.2, 0.25) is 0 Å². The summed E-state index contributed by atoms with van der Waals surface area (Å²) >= 11 is 6.56. The maximum absolute atomic E-state index is 6.56. The number of halogens is 1. The first-order valence-electron chi connectivity index (χ1n) is 12.6. The zero-order valence-electron chi connectivity index (χ0n) is 19.3. The second-order valence-corrected chi connectivity index (χ2v) is 12.7. The van der Waals surface area contributed by atoms with Gasteiger partial charge in [-0.25, -0.2) is 0 Å². The fraction of sp³-hybridized carbons (Fsp3) is 0.926. The van der Waals surface area contributed by atoms with Crippen LogP contribution < -0.4 is 0 Å². The van der Waals surface area contributed by atoms with Crippen LogP contribution in [0.5, 0.6) is 0 Å². The van der Waals surface area contributed by atoms with Gasteiger partial charge in [-0.05, 0) is 97.7 Å². The van der Waals surface area contributed by atoms with Crippen LogP contribution in [0.25, 0.3) is 0 Å². The predicted molar refractivity (Wildman–Crippen MR) is 123 cm³/mol. The molecule has 0 aromatic carbocycles. The zero-order valence-corrected chi connectivity index (χ0v) is 20.0. The number of fused-ring (bicyclic) bond motifs is 5. The van der Waals surface area contributed by atoms with E-state index in [2.05, 4.69) is 40.7 Å². The van der Waals surface area contributed by atoms with Gasteiger partial charge in [-0.1, -0.05) is 65.5 Å². The van der Waals surface area contributed by atoms with E-state index < -0.39 is 0 Å². The molecule has 0 aliphatic heterocycles. The van der Waals surface area contributed by atoms with Crippen molar-refractivity contribution in [3.05, 3.63) is 11.6 Å². The highest BCUT2D eigenvalue weighted by Gasteiger charge is 2.58. The molecule has 0 aromatic heterocycles. The predicted octanol–water partition coefficient (Wildman–Crippen LogP) is 8.64. The van der Waals surface area contributed by atoms with Gasteiger partial charge in [0.1, 0.15) is 0 Å². The average Bonchev–Trinajstić information content (AvgIpc) is 2.99. The van der Waals surface area contributed by atoms with Gasteiger partial charge in [0, 0.05) is 5.38 Å². The van der Waals surface area contributed by atoms with E-state index in [1.54, 1.807) is 5.57 Å². The van der Waals surface area contributed by atoms with Crippen LogP contribution in [0, 0.1) is 46.3 Å².